The maximum atomic E-state index is 8.85. The minimum Gasteiger partial charge on any atom is -0.345 e. The number of H-pyrrole nitrogens is 1. The Labute approximate surface area is 95.5 Å². The van der Waals surface area contributed by atoms with E-state index in [2.05, 4.69) is 15.0 Å². The molecule has 0 atom stereocenters. The lowest BCUT2D eigenvalue weighted by atomic mass is 10.1. The number of rotatable bonds is 0. The number of nitrogens with one attached hydrogen (secondary N) is 1. The first-order valence-electron chi connectivity index (χ1n) is 4.62. The average Bonchev–Trinajstić information content (AvgIpc) is 2.76. The molecule has 1 N–H and O–H groups in total. The van der Waals surface area contributed by atoms with Gasteiger partial charge in [0, 0.05) is 5.39 Å². The summed E-state index contributed by atoms with van der Waals surface area (Å²) in [4.78, 5) is 11.4. The fourth-order valence-corrected chi connectivity index (χ4v) is 1.88. The van der Waals surface area contributed by atoms with Crippen molar-refractivity contribution in [2.45, 2.75) is 0 Å². The SMILES string of the molecule is N#Cc1cc2ccc3[nH]cnc3c2nc1Cl. The van der Waals surface area contributed by atoms with Crippen LogP contribution >= 0.6 is 11.6 Å². The van der Waals surface area contributed by atoms with Gasteiger partial charge in [-0.15, -0.1) is 0 Å². The normalized spacial score (nSPS) is 10.8. The third-order valence-electron chi connectivity index (χ3n) is 2.45. The monoisotopic (exact) mass is 228 g/mol. The molecule has 76 valence electrons. The molecule has 0 aliphatic heterocycles. The summed E-state index contributed by atoms with van der Waals surface area (Å²) in [5, 5.41) is 9.93. The second kappa shape index (κ2) is 3.19. The number of aromatic nitrogens is 3. The molecule has 5 heteroatoms. The Morgan fingerprint density at radius 2 is 2.19 bits per heavy atom. The molecule has 0 aliphatic rings. The summed E-state index contributed by atoms with van der Waals surface area (Å²) in [7, 11) is 0. The van der Waals surface area contributed by atoms with Gasteiger partial charge in [-0.25, -0.2) is 9.97 Å². The van der Waals surface area contributed by atoms with Crippen molar-refractivity contribution >= 4 is 33.5 Å². The Morgan fingerprint density at radius 3 is 3.00 bits per heavy atom. The first-order chi connectivity index (χ1) is 7.79. The van der Waals surface area contributed by atoms with Gasteiger partial charge in [0.2, 0.25) is 0 Å². The fourth-order valence-electron chi connectivity index (χ4n) is 1.69. The zero-order chi connectivity index (χ0) is 11.1. The minimum absolute atomic E-state index is 0.213. The standard InChI is InChI=1S/C11H5ClN4/c12-11-7(4-13)3-6-1-2-8-10(9(6)16-11)15-5-14-8/h1-3,5H,(H,14,15). The molecule has 0 saturated carbocycles. The smallest absolute Gasteiger partial charge is 0.147 e. The summed E-state index contributed by atoms with van der Waals surface area (Å²) >= 11 is 5.90. The van der Waals surface area contributed by atoms with Crippen LogP contribution in [-0.2, 0) is 0 Å². The maximum Gasteiger partial charge on any atom is 0.147 e. The van der Waals surface area contributed by atoms with Crippen LogP contribution in [-0.4, -0.2) is 15.0 Å². The average molecular weight is 229 g/mol. The molecule has 2 aromatic heterocycles. The number of aromatic amines is 1. The molecular weight excluding hydrogens is 224 g/mol. The van der Waals surface area contributed by atoms with Gasteiger partial charge in [0.05, 0.1) is 22.9 Å². The second-order valence-electron chi connectivity index (χ2n) is 3.37. The molecular formula is C11H5ClN4. The summed E-state index contributed by atoms with van der Waals surface area (Å²) in [5.74, 6) is 0. The maximum absolute atomic E-state index is 8.85. The zero-order valence-corrected chi connectivity index (χ0v) is 8.78. The van der Waals surface area contributed by atoms with E-state index in [9.17, 15) is 0 Å². The Bertz CT molecular complexity index is 739. The number of hydrogen-bond donors (Lipinski definition) is 1. The number of nitrogens with zero attached hydrogens (tertiary/aromatic N) is 3. The van der Waals surface area contributed by atoms with Crippen LogP contribution in [0.25, 0.3) is 21.9 Å². The molecule has 0 fully saturated rings. The van der Waals surface area contributed by atoms with Gasteiger partial charge in [-0.1, -0.05) is 17.7 Å². The first-order valence-corrected chi connectivity index (χ1v) is 5.00. The van der Waals surface area contributed by atoms with E-state index in [1.807, 2.05) is 18.2 Å². The Kier molecular flexibility index (Phi) is 1.82. The number of hydrogen-bond acceptors (Lipinski definition) is 3. The number of pyridine rings is 1. The number of benzene rings is 1. The van der Waals surface area contributed by atoms with Crippen LogP contribution in [0.4, 0.5) is 0 Å². The molecule has 0 saturated heterocycles. The molecule has 1 aromatic carbocycles. The van der Waals surface area contributed by atoms with Crippen LogP contribution in [0.5, 0.6) is 0 Å². The highest BCUT2D eigenvalue weighted by atomic mass is 35.5. The third-order valence-corrected chi connectivity index (χ3v) is 2.74. The van der Waals surface area contributed by atoms with E-state index in [0.29, 0.717) is 11.1 Å². The van der Waals surface area contributed by atoms with Crippen LogP contribution in [0.15, 0.2) is 24.5 Å². The summed E-state index contributed by atoms with van der Waals surface area (Å²) in [6, 6.07) is 7.52. The number of halogens is 1. The van der Waals surface area contributed by atoms with E-state index < -0.39 is 0 Å². The van der Waals surface area contributed by atoms with Crippen LogP contribution < -0.4 is 0 Å². The highest BCUT2D eigenvalue weighted by Gasteiger charge is 2.08. The summed E-state index contributed by atoms with van der Waals surface area (Å²) < 4.78 is 0. The molecule has 3 aromatic rings. The molecule has 0 aliphatic carbocycles. The van der Waals surface area contributed by atoms with Gasteiger partial charge in [-0.3, -0.25) is 0 Å². The van der Waals surface area contributed by atoms with Crippen molar-refractivity contribution in [3.05, 3.63) is 35.2 Å². The summed E-state index contributed by atoms with van der Waals surface area (Å²) in [6.07, 6.45) is 1.61. The summed E-state index contributed by atoms with van der Waals surface area (Å²) in [6.45, 7) is 0. The predicted octanol–water partition coefficient (Wildman–Crippen LogP) is 2.64. The van der Waals surface area contributed by atoms with Gasteiger partial charge in [-0.05, 0) is 12.1 Å². The van der Waals surface area contributed by atoms with Crippen molar-refractivity contribution in [2.24, 2.45) is 0 Å². The second-order valence-corrected chi connectivity index (χ2v) is 3.73. The predicted molar refractivity (Wildman–Crippen MR) is 61.1 cm³/mol. The van der Waals surface area contributed by atoms with Crippen LogP contribution in [0, 0.1) is 11.3 Å². The molecule has 0 bridgehead atoms. The number of fused-ring (bicyclic) bond motifs is 3. The Balaban J connectivity index is 2.53. The molecule has 2 heterocycles. The fraction of sp³-hybridized carbons (Fsp3) is 0. The quantitative estimate of drug-likeness (QED) is 0.602. The molecule has 16 heavy (non-hydrogen) atoms. The van der Waals surface area contributed by atoms with Gasteiger partial charge in [0.15, 0.2) is 0 Å². The molecule has 0 spiro atoms. The highest BCUT2D eigenvalue weighted by molar-refractivity contribution is 6.31. The van der Waals surface area contributed by atoms with Crippen LogP contribution in [0.2, 0.25) is 5.15 Å². The van der Waals surface area contributed by atoms with Gasteiger partial charge in [-0.2, -0.15) is 5.26 Å². The van der Waals surface area contributed by atoms with E-state index in [1.165, 1.54) is 0 Å². The molecule has 4 nitrogen and oxygen atoms in total. The van der Waals surface area contributed by atoms with Crippen molar-refractivity contribution in [3.8, 4) is 6.07 Å². The van der Waals surface area contributed by atoms with Gasteiger partial charge < -0.3 is 4.98 Å². The molecule has 0 unspecified atom stereocenters. The molecule has 3 rings (SSSR count). The van der Waals surface area contributed by atoms with Crippen molar-refractivity contribution in [3.63, 3.8) is 0 Å². The molecule has 0 radical (unpaired) electrons. The van der Waals surface area contributed by atoms with E-state index in [0.717, 1.165) is 16.4 Å². The Hall–Kier alpha value is -2.12. The zero-order valence-electron chi connectivity index (χ0n) is 8.03. The Morgan fingerprint density at radius 1 is 1.31 bits per heavy atom. The largest absolute Gasteiger partial charge is 0.345 e. The summed E-state index contributed by atoms with van der Waals surface area (Å²) in [5.41, 5.74) is 2.76. The van der Waals surface area contributed by atoms with E-state index in [4.69, 9.17) is 16.9 Å². The third kappa shape index (κ3) is 1.16. The van der Waals surface area contributed by atoms with Crippen LogP contribution in [0.1, 0.15) is 5.56 Å². The lowest BCUT2D eigenvalue weighted by molar-refractivity contribution is 1.34. The lowest BCUT2D eigenvalue weighted by Gasteiger charge is -2.00. The van der Waals surface area contributed by atoms with Crippen molar-refractivity contribution in [2.75, 3.05) is 0 Å². The van der Waals surface area contributed by atoms with Crippen molar-refractivity contribution in [1.29, 1.82) is 5.26 Å². The molecule has 0 amide bonds. The lowest BCUT2D eigenvalue weighted by Crippen LogP contribution is -1.86. The minimum atomic E-state index is 0.213. The van der Waals surface area contributed by atoms with E-state index in [-0.39, 0.29) is 5.15 Å². The van der Waals surface area contributed by atoms with Gasteiger partial charge in [0.1, 0.15) is 16.7 Å². The number of imidazole rings is 1. The van der Waals surface area contributed by atoms with Gasteiger partial charge >= 0.3 is 0 Å². The van der Waals surface area contributed by atoms with E-state index in [1.54, 1.807) is 12.4 Å². The van der Waals surface area contributed by atoms with Crippen molar-refractivity contribution in [1.82, 2.24) is 15.0 Å². The van der Waals surface area contributed by atoms with Gasteiger partial charge in [0.25, 0.3) is 0 Å². The number of nitriles is 1. The highest BCUT2D eigenvalue weighted by Crippen LogP contribution is 2.25. The van der Waals surface area contributed by atoms with Crippen LogP contribution in [0.3, 0.4) is 0 Å². The first kappa shape index (κ1) is 9.13. The van der Waals surface area contributed by atoms with Crippen molar-refractivity contribution < 1.29 is 0 Å². The van der Waals surface area contributed by atoms with E-state index >= 15 is 0 Å². The topological polar surface area (TPSA) is 65.4 Å².